The van der Waals surface area contributed by atoms with E-state index in [1.807, 2.05) is 6.08 Å². The molecule has 0 saturated heterocycles. The third kappa shape index (κ3) is 51.3. The van der Waals surface area contributed by atoms with E-state index in [0.717, 1.165) is 64.2 Å². The molecule has 0 saturated carbocycles. The van der Waals surface area contributed by atoms with Gasteiger partial charge in [0.2, 0.25) is 5.91 Å². The quantitative estimate of drug-likeness (QED) is 0.0321. The second kappa shape index (κ2) is 54.7. The minimum atomic E-state index is -0.853. The van der Waals surface area contributed by atoms with Crippen molar-refractivity contribution in [1.29, 1.82) is 0 Å². The molecule has 0 aromatic rings. The van der Waals surface area contributed by atoms with Gasteiger partial charge in [0.15, 0.2) is 0 Å². The Morgan fingerprint density at radius 2 is 0.723 bits per heavy atom. The molecule has 0 aromatic heterocycles. The molecule has 0 radical (unpaired) electrons. The first-order chi connectivity index (χ1) is 32.0. The standard InChI is InChI=1S/C59H111NO5/c1-3-5-7-9-11-13-15-17-19-24-27-31-35-39-43-47-51-57(62)56(55-61)60-58(63)52-48-44-40-36-32-28-25-22-20-21-23-26-30-34-38-42-46-50-54-65-59(64)53-49-45-41-37-33-29-18-16-14-12-10-8-6-4-2/h16,18,22,25,47,51,56-57,61-62H,3-15,17,19-21,23-24,26-46,48-50,52-55H2,1-2H3,(H,60,63)/b18-16-,25-22-,51-47+. The smallest absolute Gasteiger partial charge is 0.305 e. The Kier molecular flexibility index (Phi) is 53.1. The number of carbonyl (C=O) groups excluding carboxylic acids is 2. The monoisotopic (exact) mass is 914 g/mol. The molecule has 382 valence electrons. The summed E-state index contributed by atoms with van der Waals surface area (Å²) in [5.74, 6) is -0.0884. The van der Waals surface area contributed by atoms with Gasteiger partial charge in [-0.15, -0.1) is 0 Å². The van der Waals surface area contributed by atoms with Crippen LogP contribution >= 0.6 is 0 Å². The Morgan fingerprint density at radius 1 is 0.415 bits per heavy atom. The SMILES string of the molecule is CCCCCCC/C=C\CCCCCCCC(=O)OCCCCCCCCCCC/C=C\CCCCCCCC(=O)NC(CO)C(O)/C=C/CCCCCCCCCCCCCCCC. The van der Waals surface area contributed by atoms with Gasteiger partial charge in [0.05, 0.1) is 25.4 Å². The second-order valence-corrected chi connectivity index (χ2v) is 19.6. The van der Waals surface area contributed by atoms with Crippen molar-refractivity contribution < 1.29 is 24.5 Å². The van der Waals surface area contributed by atoms with Crippen molar-refractivity contribution >= 4 is 11.9 Å². The molecule has 0 aliphatic carbocycles. The van der Waals surface area contributed by atoms with Gasteiger partial charge in [-0.1, -0.05) is 243 Å². The molecular formula is C59H111NO5. The van der Waals surface area contributed by atoms with E-state index in [4.69, 9.17) is 4.74 Å². The predicted molar refractivity (Wildman–Crippen MR) is 283 cm³/mol. The Morgan fingerprint density at radius 3 is 1.09 bits per heavy atom. The number of hydrogen-bond acceptors (Lipinski definition) is 5. The molecule has 0 heterocycles. The van der Waals surface area contributed by atoms with Crippen LogP contribution in [-0.2, 0) is 14.3 Å². The summed E-state index contributed by atoms with van der Waals surface area (Å²) in [7, 11) is 0. The number of rotatable bonds is 53. The predicted octanol–water partition coefficient (Wildman–Crippen LogP) is 17.6. The first-order valence-corrected chi connectivity index (χ1v) is 28.8. The number of aliphatic hydroxyl groups excluding tert-OH is 2. The molecule has 6 nitrogen and oxygen atoms in total. The number of nitrogens with one attached hydrogen (secondary N) is 1. The summed E-state index contributed by atoms with van der Waals surface area (Å²) >= 11 is 0. The molecule has 3 N–H and O–H groups in total. The third-order valence-electron chi connectivity index (χ3n) is 13.1. The van der Waals surface area contributed by atoms with Crippen LogP contribution in [0.25, 0.3) is 0 Å². The lowest BCUT2D eigenvalue weighted by Gasteiger charge is -2.20. The topological polar surface area (TPSA) is 95.9 Å². The highest BCUT2D eigenvalue weighted by atomic mass is 16.5. The lowest BCUT2D eigenvalue weighted by molar-refractivity contribution is -0.143. The van der Waals surface area contributed by atoms with Gasteiger partial charge in [-0.05, 0) is 83.5 Å². The summed E-state index contributed by atoms with van der Waals surface area (Å²) in [6, 6.07) is -0.638. The summed E-state index contributed by atoms with van der Waals surface area (Å²) in [5, 5.41) is 23.1. The van der Waals surface area contributed by atoms with Crippen molar-refractivity contribution in [2.24, 2.45) is 0 Å². The lowest BCUT2D eigenvalue weighted by Crippen LogP contribution is -2.45. The first kappa shape index (κ1) is 63.1. The number of carbonyl (C=O) groups is 2. The average Bonchev–Trinajstić information content (AvgIpc) is 3.31. The molecule has 2 unspecified atom stereocenters. The number of amides is 1. The molecule has 0 aromatic carbocycles. The van der Waals surface area contributed by atoms with Gasteiger partial charge in [0, 0.05) is 12.8 Å². The average molecular weight is 915 g/mol. The normalized spacial score (nSPS) is 12.9. The van der Waals surface area contributed by atoms with Crippen molar-refractivity contribution in [2.45, 2.75) is 315 Å². The van der Waals surface area contributed by atoms with Crippen LogP contribution in [0.2, 0.25) is 0 Å². The second-order valence-electron chi connectivity index (χ2n) is 19.6. The number of unbranched alkanes of at least 4 members (excludes halogenated alkanes) is 38. The number of aliphatic hydroxyl groups is 2. The highest BCUT2D eigenvalue weighted by molar-refractivity contribution is 5.76. The summed E-state index contributed by atoms with van der Waals surface area (Å²) < 4.78 is 5.46. The summed E-state index contributed by atoms with van der Waals surface area (Å²) in [5.41, 5.74) is 0. The van der Waals surface area contributed by atoms with Crippen molar-refractivity contribution in [3.63, 3.8) is 0 Å². The highest BCUT2D eigenvalue weighted by Gasteiger charge is 2.18. The molecule has 0 aliphatic rings. The Labute approximate surface area is 404 Å². The van der Waals surface area contributed by atoms with Crippen LogP contribution < -0.4 is 5.32 Å². The maximum absolute atomic E-state index is 12.4. The van der Waals surface area contributed by atoms with Gasteiger partial charge in [0.1, 0.15) is 0 Å². The van der Waals surface area contributed by atoms with Crippen molar-refractivity contribution in [3.8, 4) is 0 Å². The Balaban J connectivity index is 3.49. The summed E-state index contributed by atoms with van der Waals surface area (Å²) in [6.45, 7) is 4.88. The van der Waals surface area contributed by atoms with Gasteiger partial charge >= 0.3 is 5.97 Å². The van der Waals surface area contributed by atoms with Crippen LogP contribution in [0.15, 0.2) is 36.5 Å². The van der Waals surface area contributed by atoms with Crippen LogP contribution in [-0.4, -0.2) is 47.4 Å². The van der Waals surface area contributed by atoms with Gasteiger partial charge in [-0.2, -0.15) is 0 Å². The molecule has 65 heavy (non-hydrogen) atoms. The minimum absolute atomic E-state index is 0.00665. The molecule has 0 spiro atoms. The fourth-order valence-electron chi connectivity index (χ4n) is 8.68. The summed E-state index contributed by atoms with van der Waals surface area (Å²) in [6.07, 6.45) is 67.3. The van der Waals surface area contributed by atoms with Gasteiger partial charge < -0.3 is 20.3 Å². The van der Waals surface area contributed by atoms with Crippen LogP contribution in [0.1, 0.15) is 303 Å². The molecule has 1 amide bonds. The van der Waals surface area contributed by atoms with Crippen LogP contribution in [0, 0.1) is 0 Å². The zero-order valence-electron chi connectivity index (χ0n) is 43.5. The fraction of sp³-hybridized carbons (Fsp3) is 0.864. The van der Waals surface area contributed by atoms with E-state index in [-0.39, 0.29) is 18.5 Å². The molecular weight excluding hydrogens is 803 g/mol. The number of hydrogen-bond donors (Lipinski definition) is 3. The van der Waals surface area contributed by atoms with E-state index >= 15 is 0 Å². The lowest BCUT2D eigenvalue weighted by atomic mass is 10.0. The maximum Gasteiger partial charge on any atom is 0.305 e. The first-order valence-electron chi connectivity index (χ1n) is 28.8. The van der Waals surface area contributed by atoms with E-state index in [1.54, 1.807) is 6.08 Å². The van der Waals surface area contributed by atoms with Crippen molar-refractivity contribution in [2.75, 3.05) is 13.2 Å². The molecule has 0 bridgehead atoms. The number of ether oxygens (including phenoxy) is 1. The molecule has 2 atom stereocenters. The highest BCUT2D eigenvalue weighted by Crippen LogP contribution is 2.16. The fourth-order valence-corrected chi connectivity index (χ4v) is 8.68. The zero-order valence-corrected chi connectivity index (χ0v) is 43.5. The minimum Gasteiger partial charge on any atom is -0.466 e. The van der Waals surface area contributed by atoms with Gasteiger partial charge in [0.25, 0.3) is 0 Å². The largest absolute Gasteiger partial charge is 0.466 e. The molecule has 0 aliphatic heterocycles. The Bertz CT molecular complexity index is 1060. The molecule has 0 fully saturated rings. The van der Waals surface area contributed by atoms with Gasteiger partial charge in [-0.3, -0.25) is 9.59 Å². The molecule has 0 rings (SSSR count). The number of esters is 1. The zero-order chi connectivity index (χ0) is 47.2. The van der Waals surface area contributed by atoms with E-state index in [0.29, 0.717) is 19.4 Å². The van der Waals surface area contributed by atoms with E-state index in [1.165, 1.54) is 212 Å². The Hall–Kier alpha value is -1.92. The number of allylic oxidation sites excluding steroid dienone is 5. The van der Waals surface area contributed by atoms with Crippen LogP contribution in [0.5, 0.6) is 0 Å². The van der Waals surface area contributed by atoms with E-state index in [2.05, 4.69) is 43.5 Å². The van der Waals surface area contributed by atoms with Crippen LogP contribution in [0.4, 0.5) is 0 Å². The van der Waals surface area contributed by atoms with Crippen molar-refractivity contribution in [1.82, 2.24) is 5.32 Å². The molecule has 6 heteroatoms. The van der Waals surface area contributed by atoms with Crippen LogP contribution in [0.3, 0.4) is 0 Å². The maximum atomic E-state index is 12.4. The van der Waals surface area contributed by atoms with Crippen molar-refractivity contribution in [3.05, 3.63) is 36.5 Å². The summed E-state index contributed by atoms with van der Waals surface area (Å²) in [4.78, 5) is 24.5. The van der Waals surface area contributed by atoms with E-state index in [9.17, 15) is 19.8 Å². The van der Waals surface area contributed by atoms with E-state index < -0.39 is 12.1 Å². The van der Waals surface area contributed by atoms with Gasteiger partial charge in [-0.25, -0.2) is 0 Å². The third-order valence-corrected chi connectivity index (χ3v) is 13.1.